The highest BCUT2D eigenvalue weighted by atomic mass is 15.0. The van der Waals surface area contributed by atoms with Gasteiger partial charge in [-0.15, -0.1) is 0 Å². The van der Waals surface area contributed by atoms with Gasteiger partial charge in [0.2, 0.25) is 0 Å². The first-order valence-electron chi connectivity index (χ1n) is 16.1. The molecule has 46 heavy (non-hydrogen) atoms. The van der Waals surface area contributed by atoms with Crippen LogP contribution in [0.5, 0.6) is 0 Å². The molecular weight excluding hydrogens is 558 g/mol. The quantitative estimate of drug-likeness (QED) is 0.206. The molecule has 3 aliphatic rings. The van der Waals surface area contributed by atoms with E-state index in [1.165, 1.54) is 66.4 Å². The van der Waals surface area contributed by atoms with Crippen LogP contribution in [0.25, 0.3) is 78.3 Å². The third-order valence-corrected chi connectivity index (χ3v) is 10.8. The summed E-state index contributed by atoms with van der Waals surface area (Å²) in [4.78, 5) is 15.2. The molecule has 0 N–H and O–H groups in total. The second-order valence-electron chi connectivity index (χ2n) is 14.0. The SMILES string of the molecule is CC1(C)c2cc(-c3nc(-c4ccccc4)nc(-c4ccccc4)n3)cc3c2-c2c1cc1c4c(ccc(c24)C3(C)C)-c2ccccc2-1. The van der Waals surface area contributed by atoms with E-state index in [9.17, 15) is 0 Å². The molecule has 0 unspecified atom stereocenters. The second-order valence-corrected chi connectivity index (χ2v) is 14.0. The van der Waals surface area contributed by atoms with Crippen molar-refractivity contribution in [1.29, 1.82) is 0 Å². The van der Waals surface area contributed by atoms with E-state index in [2.05, 4.69) is 107 Å². The molecule has 0 fully saturated rings. The van der Waals surface area contributed by atoms with Crippen LogP contribution in [0.2, 0.25) is 0 Å². The van der Waals surface area contributed by atoms with Crippen molar-refractivity contribution in [2.75, 3.05) is 0 Å². The summed E-state index contributed by atoms with van der Waals surface area (Å²) in [7, 11) is 0. The highest BCUT2D eigenvalue weighted by Crippen LogP contribution is 2.63. The first kappa shape index (κ1) is 25.9. The van der Waals surface area contributed by atoms with E-state index in [0.717, 1.165) is 16.7 Å². The Hall–Kier alpha value is -5.41. The van der Waals surface area contributed by atoms with Crippen LogP contribution < -0.4 is 0 Å². The highest BCUT2D eigenvalue weighted by Gasteiger charge is 2.46. The fourth-order valence-corrected chi connectivity index (χ4v) is 8.48. The maximum Gasteiger partial charge on any atom is 0.164 e. The molecule has 3 aliphatic carbocycles. The van der Waals surface area contributed by atoms with Crippen LogP contribution in [0, 0.1) is 0 Å². The molecule has 0 amide bonds. The van der Waals surface area contributed by atoms with E-state index in [0.29, 0.717) is 17.5 Å². The summed E-state index contributed by atoms with van der Waals surface area (Å²) < 4.78 is 0. The smallest absolute Gasteiger partial charge is 0.164 e. The fraction of sp³-hybridized carbons (Fsp3) is 0.140. The van der Waals surface area contributed by atoms with Gasteiger partial charge in [-0.2, -0.15) is 0 Å². The molecule has 3 nitrogen and oxygen atoms in total. The van der Waals surface area contributed by atoms with E-state index in [1.807, 2.05) is 36.4 Å². The number of nitrogens with zero attached hydrogens (tertiary/aromatic N) is 3. The van der Waals surface area contributed by atoms with Gasteiger partial charge in [0.05, 0.1) is 0 Å². The zero-order valence-corrected chi connectivity index (χ0v) is 26.3. The lowest BCUT2D eigenvalue weighted by molar-refractivity contribution is 0.639. The third kappa shape index (κ3) is 3.20. The van der Waals surface area contributed by atoms with Crippen molar-refractivity contribution in [3.8, 4) is 67.5 Å². The fourth-order valence-electron chi connectivity index (χ4n) is 8.48. The number of rotatable bonds is 3. The molecule has 218 valence electrons. The molecule has 7 aromatic rings. The minimum Gasteiger partial charge on any atom is -0.208 e. The molecule has 0 saturated carbocycles. The van der Waals surface area contributed by atoms with E-state index in [4.69, 9.17) is 15.0 Å². The monoisotopic (exact) mass is 589 g/mol. The van der Waals surface area contributed by atoms with Gasteiger partial charge in [-0.1, -0.05) is 125 Å². The van der Waals surface area contributed by atoms with Gasteiger partial charge in [-0.05, 0) is 84.6 Å². The van der Waals surface area contributed by atoms with Crippen molar-refractivity contribution >= 4 is 10.8 Å². The second kappa shape index (κ2) is 8.64. The summed E-state index contributed by atoms with van der Waals surface area (Å²) >= 11 is 0. The minimum atomic E-state index is -0.214. The maximum absolute atomic E-state index is 5.14. The molecule has 3 heteroatoms. The average molecular weight is 590 g/mol. The minimum absolute atomic E-state index is 0.192. The molecule has 0 bridgehead atoms. The molecule has 6 aromatic carbocycles. The standard InChI is InChI=1S/C43H31N3/c1-42(2)31-20-19-29-27-17-11-12-18-28(27)30-23-34-38(37(31)35(29)30)36-32(42)21-26(22-33(36)43(34,3)4)41-45-39(24-13-7-5-8-14-24)44-40(46-41)25-15-9-6-10-16-25/h5-23H,1-4H3. The van der Waals surface area contributed by atoms with E-state index in [-0.39, 0.29) is 10.8 Å². The van der Waals surface area contributed by atoms with Crippen LogP contribution in [-0.4, -0.2) is 15.0 Å². The van der Waals surface area contributed by atoms with E-state index < -0.39 is 0 Å². The van der Waals surface area contributed by atoms with Gasteiger partial charge in [-0.3, -0.25) is 0 Å². The van der Waals surface area contributed by atoms with Crippen LogP contribution in [0.4, 0.5) is 0 Å². The van der Waals surface area contributed by atoms with Crippen molar-refractivity contribution in [3.05, 3.63) is 138 Å². The zero-order valence-electron chi connectivity index (χ0n) is 26.3. The van der Waals surface area contributed by atoms with Crippen molar-refractivity contribution in [3.63, 3.8) is 0 Å². The van der Waals surface area contributed by atoms with E-state index in [1.54, 1.807) is 0 Å². The van der Waals surface area contributed by atoms with Crippen molar-refractivity contribution in [1.82, 2.24) is 15.0 Å². The Morgan fingerprint density at radius 1 is 0.370 bits per heavy atom. The van der Waals surface area contributed by atoms with E-state index >= 15 is 0 Å². The van der Waals surface area contributed by atoms with Gasteiger partial charge in [0.1, 0.15) is 0 Å². The topological polar surface area (TPSA) is 38.7 Å². The van der Waals surface area contributed by atoms with Gasteiger partial charge in [0, 0.05) is 27.5 Å². The Kier molecular flexibility index (Phi) is 4.86. The summed E-state index contributed by atoms with van der Waals surface area (Å²) in [6.07, 6.45) is 0. The molecule has 1 aromatic heterocycles. The van der Waals surface area contributed by atoms with Crippen LogP contribution >= 0.6 is 0 Å². The molecular formula is C43H31N3. The Morgan fingerprint density at radius 3 is 1.43 bits per heavy atom. The van der Waals surface area contributed by atoms with Crippen LogP contribution in [0.3, 0.4) is 0 Å². The Labute approximate surface area is 268 Å². The van der Waals surface area contributed by atoms with Crippen molar-refractivity contribution < 1.29 is 0 Å². The first-order valence-corrected chi connectivity index (χ1v) is 16.1. The molecule has 0 aliphatic heterocycles. The molecule has 0 spiro atoms. The zero-order chi connectivity index (χ0) is 30.9. The summed E-state index contributed by atoms with van der Waals surface area (Å²) in [6.45, 7) is 9.57. The predicted molar refractivity (Wildman–Crippen MR) is 188 cm³/mol. The lowest BCUT2D eigenvalue weighted by atomic mass is 9.67. The Balaban J connectivity index is 1.27. The average Bonchev–Trinajstić information content (AvgIpc) is 3.54. The third-order valence-electron chi connectivity index (χ3n) is 10.8. The number of hydrogen-bond donors (Lipinski definition) is 0. The van der Waals surface area contributed by atoms with Crippen molar-refractivity contribution in [2.45, 2.75) is 38.5 Å². The van der Waals surface area contributed by atoms with Gasteiger partial charge in [0.25, 0.3) is 0 Å². The maximum atomic E-state index is 5.14. The molecule has 1 heterocycles. The summed E-state index contributed by atoms with van der Waals surface area (Å²) in [5, 5.41) is 2.86. The molecule has 0 atom stereocenters. The lowest BCUT2D eigenvalue weighted by Crippen LogP contribution is -2.24. The van der Waals surface area contributed by atoms with Crippen LogP contribution in [0.15, 0.2) is 115 Å². The predicted octanol–water partition coefficient (Wildman–Crippen LogP) is 10.6. The van der Waals surface area contributed by atoms with Crippen LogP contribution in [0.1, 0.15) is 49.9 Å². The van der Waals surface area contributed by atoms with Gasteiger partial charge >= 0.3 is 0 Å². The summed E-state index contributed by atoms with van der Waals surface area (Å²) in [5.74, 6) is 2.08. The lowest BCUT2D eigenvalue weighted by Gasteiger charge is -2.35. The Morgan fingerprint density at radius 2 is 0.848 bits per heavy atom. The molecule has 0 radical (unpaired) electrons. The normalized spacial score (nSPS) is 15.3. The summed E-state index contributed by atoms with van der Waals surface area (Å²) in [5.41, 5.74) is 16.4. The molecule has 10 rings (SSSR count). The Bertz CT molecular complexity index is 2400. The van der Waals surface area contributed by atoms with Gasteiger partial charge in [-0.25, -0.2) is 15.0 Å². The number of hydrogen-bond acceptors (Lipinski definition) is 3. The molecule has 0 saturated heterocycles. The number of aromatic nitrogens is 3. The van der Waals surface area contributed by atoms with Gasteiger partial charge < -0.3 is 0 Å². The first-order chi connectivity index (χ1) is 22.3. The van der Waals surface area contributed by atoms with Crippen molar-refractivity contribution in [2.24, 2.45) is 0 Å². The van der Waals surface area contributed by atoms with Gasteiger partial charge in [0.15, 0.2) is 17.5 Å². The largest absolute Gasteiger partial charge is 0.208 e. The van der Waals surface area contributed by atoms with Crippen LogP contribution in [-0.2, 0) is 10.8 Å². The number of benzene rings is 6. The highest BCUT2D eigenvalue weighted by molar-refractivity contribution is 6.22. The number of fused-ring (bicyclic) bond motifs is 3. The summed E-state index contributed by atoms with van der Waals surface area (Å²) in [6, 6.07) is 41.4.